The lowest BCUT2D eigenvalue weighted by atomic mass is 9.94. The molecular formula is C19H27FN2O. The van der Waals surface area contributed by atoms with E-state index < -0.39 is 6.67 Å². The molecule has 1 saturated carbocycles. The molecule has 1 amide bonds. The molecule has 0 radical (unpaired) electrons. The first-order valence-electron chi connectivity index (χ1n) is 8.48. The van der Waals surface area contributed by atoms with Crippen LogP contribution in [-0.4, -0.2) is 30.6 Å². The minimum atomic E-state index is -0.615. The number of halogens is 1. The van der Waals surface area contributed by atoms with Gasteiger partial charge in [-0.25, -0.2) is 4.39 Å². The standard InChI is InChI=1S/C19H27FN2O/c1-22(18-10-3-2-4-11-18)15-17-9-6-5-8-16(17)14-21-19(23)12-7-13-20/h5-9,12,18H,2-4,10-11,13-15H2,1H3,(H,21,23)/b12-7+. The molecule has 0 aromatic heterocycles. The van der Waals surface area contributed by atoms with E-state index in [0.29, 0.717) is 12.6 Å². The monoisotopic (exact) mass is 318 g/mol. The predicted octanol–water partition coefficient (Wildman–Crippen LogP) is 3.59. The van der Waals surface area contributed by atoms with Crippen molar-refractivity contribution in [1.29, 1.82) is 0 Å². The van der Waals surface area contributed by atoms with Crippen LogP contribution in [0.25, 0.3) is 0 Å². The van der Waals surface area contributed by atoms with Gasteiger partial charge >= 0.3 is 0 Å². The van der Waals surface area contributed by atoms with Gasteiger partial charge in [0.2, 0.25) is 5.91 Å². The third-order valence-electron chi connectivity index (χ3n) is 4.55. The van der Waals surface area contributed by atoms with Gasteiger partial charge in [-0.15, -0.1) is 0 Å². The molecule has 0 atom stereocenters. The Labute approximate surface area is 138 Å². The lowest BCUT2D eigenvalue weighted by molar-refractivity contribution is -0.116. The van der Waals surface area contributed by atoms with Crippen LogP contribution in [0.3, 0.4) is 0 Å². The Hall–Kier alpha value is -1.68. The van der Waals surface area contributed by atoms with Gasteiger partial charge < -0.3 is 5.32 Å². The number of hydrogen-bond acceptors (Lipinski definition) is 2. The highest BCUT2D eigenvalue weighted by Crippen LogP contribution is 2.23. The van der Waals surface area contributed by atoms with Crippen molar-refractivity contribution in [3.8, 4) is 0 Å². The van der Waals surface area contributed by atoms with E-state index in [-0.39, 0.29) is 5.91 Å². The second kappa shape index (κ2) is 9.46. The Morgan fingerprint density at radius 1 is 1.26 bits per heavy atom. The molecule has 0 aliphatic heterocycles. The maximum absolute atomic E-state index is 12.0. The summed E-state index contributed by atoms with van der Waals surface area (Å²) < 4.78 is 12.0. The normalized spacial score (nSPS) is 16.1. The number of nitrogens with one attached hydrogen (secondary N) is 1. The Bertz CT molecular complexity index is 524. The molecule has 1 aliphatic carbocycles. The van der Waals surface area contributed by atoms with Gasteiger partial charge in [-0.3, -0.25) is 9.69 Å². The zero-order chi connectivity index (χ0) is 16.5. The van der Waals surface area contributed by atoms with E-state index in [0.717, 1.165) is 12.1 Å². The third-order valence-corrected chi connectivity index (χ3v) is 4.55. The predicted molar refractivity (Wildman–Crippen MR) is 91.7 cm³/mol. The Morgan fingerprint density at radius 2 is 1.96 bits per heavy atom. The van der Waals surface area contributed by atoms with Gasteiger partial charge in [-0.05, 0) is 37.1 Å². The Kier molecular flexibility index (Phi) is 7.27. The maximum atomic E-state index is 12.0. The van der Waals surface area contributed by atoms with Gasteiger partial charge in [-0.1, -0.05) is 43.5 Å². The first kappa shape index (κ1) is 17.7. The molecule has 0 heterocycles. The molecule has 2 rings (SSSR count). The van der Waals surface area contributed by atoms with E-state index in [2.05, 4.69) is 23.3 Å². The minimum Gasteiger partial charge on any atom is -0.348 e. The number of carbonyl (C=O) groups excluding carboxylic acids is 1. The lowest BCUT2D eigenvalue weighted by Crippen LogP contribution is -2.33. The van der Waals surface area contributed by atoms with Gasteiger partial charge in [0.1, 0.15) is 6.67 Å². The number of carbonyl (C=O) groups is 1. The smallest absolute Gasteiger partial charge is 0.244 e. The van der Waals surface area contributed by atoms with Crippen LogP contribution in [0.4, 0.5) is 4.39 Å². The van der Waals surface area contributed by atoms with Crippen molar-refractivity contribution in [2.45, 2.75) is 51.2 Å². The topological polar surface area (TPSA) is 32.3 Å². The zero-order valence-electron chi connectivity index (χ0n) is 13.9. The lowest BCUT2D eigenvalue weighted by Gasteiger charge is -2.31. The summed E-state index contributed by atoms with van der Waals surface area (Å²) in [6.45, 7) is 0.761. The quantitative estimate of drug-likeness (QED) is 0.779. The second-order valence-electron chi connectivity index (χ2n) is 6.25. The Balaban J connectivity index is 1.93. The summed E-state index contributed by atoms with van der Waals surface area (Å²) in [5, 5.41) is 2.82. The second-order valence-corrected chi connectivity index (χ2v) is 6.25. The van der Waals surface area contributed by atoms with E-state index in [9.17, 15) is 9.18 Å². The van der Waals surface area contributed by atoms with E-state index in [1.165, 1.54) is 49.8 Å². The first-order chi connectivity index (χ1) is 11.2. The summed E-state index contributed by atoms with van der Waals surface area (Å²) in [4.78, 5) is 14.0. The van der Waals surface area contributed by atoms with E-state index in [1.54, 1.807) is 0 Å². The molecule has 1 aromatic rings. The summed E-state index contributed by atoms with van der Waals surface area (Å²) in [5.41, 5.74) is 2.37. The summed E-state index contributed by atoms with van der Waals surface area (Å²) in [6.07, 6.45) is 9.04. The van der Waals surface area contributed by atoms with Crippen LogP contribution in [0.15, 0.2) is 36.4 Å². The number of amides is 1. The first-order valence-corrected chi connectivity index (χ1v) is 8.48. The van der Waals surface area contributed by atoms with Gasteiger partial charge in [0.25, 0.3) is 0 Å². The molecule has 3 nitrogen and oxygen atoms in total. The van der Waals surface area contributed by atoms with Gasteiger partial charge in [0.05, 0.1) is 0 Å². The number of benzene rings is 1. The molecule has 0 spiro atoms. The zero-order valence-corrected chi connectivity index (χ0v) is 13.9. The van der Waals surface area contributed by atoms with Crippen molar-refractivity contribution in [2.75, 3.05) is 13.7 Å². The molecule has 23 heavy (non-hydrogen) atoms. The Morgan fingerprint density at radius 3 is 2.65 bits per heavy atom. The van der Waals surface area contributed by atoms with Crippen LogP contribution in [0, 0.1) is 0 Å². The van der Waals surface area contributed by atoms with E-state index >= 15 is 0 Å². The van der Waals surface area contributed by atoms with E-state index in [4.69, 9.17) is 0 Å². The average molecular weight is 318 g/mol. The fourth-order valence-electron chi connectivity index (χ4n) is 3.20. The number of nitrogens with zero attached hydrogens (tertiary/aromatic N) is 1. The van der Waals surface area contributed by atoms with Crippen molar-refractivity contribution in [3.63, 3.8) is 0 Å². The van der Waals surface area contributed by atoms with Crippen LogP contribution in [0.2, 0.25) is 0 Å². The summed E-state index contributed by atoms with van der Waals surface area (Å²) in [5.74, 6) is -0.252. The van der Waals surface area contributed by atoms with Crippen molar-refractivity contribution in [2.24, 2.45) is 0 Å². The van der Waals surface area contributed by atoms with Gasteiger partial charge in [-0.2, -0.15) is 0 Å². The number of alkyl halides is 1. The largest absolute Gasteiger partial charge is 0.348 e. The van der Waals surface area contributed by atoms with Crippen LogP contribution >= 0.6 is 0 Å². The summed E-state index contributed by atoms with van der Waals surface area (Å²) >= 11 is 0. The van der Waals surface area contributed by atoms with Crippen molar-refractivity contribution in [1.82, 2.24) is 10.2 Å². The highest BCUT2D eigenvalue weighted by atomic mass is 19.1. The highest BCUT2D eigenvalue weighted by molar-refractivity contribution is 5.87. The molecule has 126 valence electrons. The fourth-order valence-corrected chi connectivity index (χ4v) is 3.20. The molecule has 4 heteroatoms. The summed E-state index contributed by atoms with van der Waals surface area (Å²) in [7, 11) is 2.19. The van der Waals surface area contributed by atoms with Crippen LogP contribution in [0.5, 0.6) is 0 Å². The van der Waals surface area contributed by atoms with Crippen molar-refractivity contribution < 1.29 is 9.18 Å². The third kappa shape index (κ3) is 5.79. The molecule has 0 unspecified atom stereocenters. The number of allylic oxidation sites excluding steroid dienone is 1. The number of rotatable bonds is 7. The summed E-state index contributed by atoms with van der Waals surface area (Å²) in [6, 6.07) is 8.86. The fraction of sp³-hybridized carbons (Fsp3) is 0.526. The van der Waals surface area contributed by atoms with Gasteiger partial charge in [0, 0.05) is 25.2 Å². The average Bonchev–Trinajstić information content (AvgIpc) is 2.60. The highest BCUT2D eigenvalue weighted by Gasteiger charge is 2.18. The molecule has 0 bridgehead atoms. The molecule has 1 aliphatic rings. The molecular weight excluding hydrogens is 291 g/mol. The van der Waals surface area contributed by atoms with Gasteiger partial charge in [0.15, 0.2) is 0 Å². The van der Waals surface area contributed by atoms with Crippen molar-refractivity contribution >= 4 is 5.91 Å². The number of hydrogen-bond donors (Lipinski definition) is 1. The molecule has 0 saturated heterocycles. The molecule has 1 fully saturated rings. The minimum absolute atomic E-state index is 0.252. The van der Waals surface area contributed by atoms with Crippen LogP contribution in [-0.2, 0) is 17.9 Å². The van der Waals surface area contributed by atoms with Crippen LogP contribution < -0.4 is 5.32 Å². The SMILES string of the molecule is CN(Cc1ccccc1CNC(=O)/C=C/CF)C1CCCCC1. The van der Waals surface area contributed by atoms with Crippen molar-refractivity contribution in [3.05, 3.63) is 47.5 Å². The van der Waals surface area contributed by atoms with E-state index in [1.807, 2.05) is 18.2 Å². The molecule has 1 aromatic carbocycles. The maximum Gasteiger partial charge on any atom is 0.244 e. The molecule has 1 N–H and O–H groups in total. The van der Waals surface area contributed by atoms with Crippen LogP contribution in [0.1, 0.15) is 43.2 Å².